The van der Waals surface area contributed by atoms with Gasteiger partial charge in [0.25, 0.3) is 11.8 Å². The van der Waals surface area contributed by atoms with Gasteiger partial charge in [-0.3, -0.25) is 9.59 Å². The fourth-order valence-corrected chi connectivity index (χ4v) is 2.89. The van der Waals surface area contributed by atoms with Crippen molar-refractivity contribution in [1.29, 1.82) is 0 Å². The maximum Gasteiger partial charge on any atom is 0.265 e. The van der Waals surface area contributed by atoms with Crippen molar-refractivity contribution in [3.63, 3.8) is 0 Å². The Hall–Kier alpha value is -2.82. The highest BCUT2D eigenvalue weighted by atomic mass is 16.5. The van der Waals surface area contributed by atoms with Crippen LogP contribution in [0.5, 0.6) is 5.75 Å². The summed E-state index contributed by atoms with van der Waals surface area (Å²) in [5, 5.41) is 5.77. The van der Waals surface area contributed by atoms with Crippen LogP contribution in [0.15, 0.2) is 42.5 Å². The van der Waals surface area contributed by atoms with Crippen LogP contribution in [0.4, 0.5) is 5.69 Å². The van der Waals surface area contributed by atoms with Crippen LogP contribution in [0.25, 0.3) is 0 Å². The second-order valence-corrected chi connectivity index (χ2v) is 7.77. The Labute approximate surface area is 173 Å². The van der Waals surface area contributed by atoms with Crippen molar-refractivity contribution in [2.45, 2.75) is 66.0 Å². The number of amides is 2. The summed E-state index contributed by atoms with van der Waals surface area (Å²) in [5.74, 6) is 0.492. The van der Waals surface area contributed by atoms with Gasteiger partial charge in [-0.1, -0.05) is 45.0 Å². The summed E-state index contributed by atoms with van der Waals surface area (Å²) in [6.07, 6.45) is 0.125. The van der Waals surface area contributed by atoms with E-state index in [0.717, 1.165) is 17.5 Å². The highest BCUT2D eigenvalue weighted by Crippen LogP contribution is 2.28. The first-order chi connectivity index (χ1) is 13.7. The summed E-state index contributed by atoms with van der Waals surface area (Å²) < 4.78 is 5.99. The van der Waals surface area contributed by atoms with Crippen LogP contribution in [0.2, 0.25) is 0 Å². The minimum absolute atomic E-state index is 0.0595. The van der Waals surface area contributed by atoms with Crippen LogP contribution in [-0.2, 0) is 4.79 Å². The largest absolute Gasteiger partial charge is 0.481 e. The Morgan fingerprint density at radius 1 is 1.03 bits per heavy atom. The third-order valence-corrected chi connectivity index (χ3v) is 4.88. The molecule has 2 N–H and O–H groups in total. The number of benzene rings is 2. The van der Waals surface area contributed by atoms with Gasteiger partial charge in [0.15, 0.2) is 6.10 Å². The van der Waals surface area contributed by atoms with E-state index >= 15 is 0 Å². The Kier molecular flexibility index (Phi) is 7.82. The lowest BCUT2D eigenvalue weighted by atomic mass is 10.0. The van der Waals surface area contributed by atoms with E-state index in [4.69, 9.17) is 4.74 Å². The number of aryl methyl sites for hydroxylation is 1. The number of carbonyl (C=O) groups excluding carboxylic acids is 2. The van der Waals surface area contributed by atoms with Crippen molar-refractivity contribution in [3.8, 4) is 5.75 Å². The summed E-state index contributed by atoms with van der Waals surface area (Å²) in [4.78, 5) is 25.3. The monoisotopic (exact) mass is 396 g/mol. The standard InChI is InChI=1S/C24H32N2O3/c1-7-17(5)25-24(28)20-10-8-9-11-21(20)26-23(27)18(6)29-22-14-16(4)12-13-19(22)15(2)3/h8-15,17-18H,7H2,1-6H3,(H,25,28)(H,26,27)/t17-,18-/m1/s1. The van der Waals surface area contributed by atoms with Gasteiger partial charge < -0.3 is 15.4 Å². The SMILES string of the molecule is CC[C@@H](C)NC(=O)c1ccccc1NC(=O)[C@@H](C)Oc1cc(C)ccc1C(C)C. The van der Waals surface area contributed by atoms with E-state index < -0.39 is 6.10 Å². The van der Waals surface area contributed by atoms with Gasteiger partial charge in [0.2, 0.25) is 0 Å². The predicted octanol–water partition coefficient (Wildman–Crippen LogP) is 5.05. The lowest BCUT2D eigenvalue weighted by Crippen LogP contribution is -2.34. The number of hydrogen-bond acceptors (Lipinski definition) is 3. The molecule has 29 heavy (non-hydrogen) atoms. The van der Waals surface area contributed by atoms with E-state index in [9.17, 15) is 9.59 Å². The topological polar surface area (TPSA) is 67.4 Å². The molecule has 2 amide bonds. The van der Waals surface area contributed by atoms with E-state index in [-0.39, 0.29) is 23.8 Å². The number of rotatable bonds is 8. The fourth-order valence-electron chi connectivity index (χ4n) is 2.89. The minimum atomic E-state index is -0.708. The van der Waals surface area contributed by atoms with Gasteiger partial charge >= 0.3 is 0 Å². The van der Waals surface area contributed by atoms with E-state index in [2.05, 4.69) is 24.5 Å². The van der Waals surface area contributed by atoms with Crippen LogP contribution in [0.3, 0.4) is 0 Å². The molecule has 0 saturated carbocycles. The molecule has 2 rings (SSSR count). The van der Waals surface area contributed by atoms with Gasteiger partial charge in [-0.2, -0.15) is 0 Å². The molecule has 0 aromatic heterocycles. The molecule has 0 unspecified atom stereocenters. The summed E-state index contributed by atoms with van der Waals surface area (Å²) >= 11 is 0. The van der Waals surface area contributed by atoms with Crippen LogP contribution < -0.4 is 15.4 Å². The van der Waals surface area contributed by atoms with Crippen molar-refractivity contribution >= 4 is 17.5 Å². The van der Waals surface area contributed by atoms with E-state index in [1.54, 1.807) is 31.2 Å². The lowest BCUT2D eigenvalue weighted by molar-refractivity contribution is -0.122. The molecule has 0 radical (unpaired) electrons. The van der Waals surface area contributed by atoms with Crippen molar-refractivity contribution in [2.75, 3.05) is 5.32 Å². The van der Waals surface area contributed by atoms with Crippen molar-refractivity contribution in [2.24, 2.45) is 0 Å². The Bertz CT molecular complexity index is 861. The molecule has 0 saturated heterocycles. The molecule has 156 valence electrons. The molecule has 0 aliphatic heterocycles. The minimum Gasteiger partial charge on any atom is -0.481 e. The predicted molar refractivity (Wildman–Crippen MR) is 118 cm³/mol. The summed E-state index contributed by atoms with van der Waals surface area (Å²) in [6, 6.07) is 13.1. The van der Waals surface area contributed by atoms with E-state index in [0.29, 0.717) is 17.0 Å². The zero-order valence-electron chi connectivity index (χ0n) is 18.2. The lowest BCUT2D eigenvalue weighted by Gasteiger charge is -2.20. The van der Waals surface area contributed by atoms with Crippen molar-refractivity contribution in [1.82, 2.24) is 5.32 Å². The highest BCUT2D eigenvalue weighted by molar-refractivity contribution is 6.04. The summed E-state index contributed by atoms with van der Waals surface area (Å²) in [7, 11) is 0. The first-order valence-electron chi connectivity index (χ1n) is 10.2. The number of anilines is 1. The molecule has 2 aromatic rings. The number of para-hydroxylation sites is 1. The second kappa shape index (κ2) is 10.1. The van der Waals surface area contributed by atoms with Crippen LogP contribution in [0.1, 0.15) is 68.4 Å². The molecule has 0 fully saturated rings. The molecule has 0 aliphatic rings. The molecule has 5 nitrogen and oxygen atoms in total. The van der Waals surface area contributed by atoms with Gasteiger partial charge in [-0.05, 0) is 62.4 Å². The number of nitrogens with one attached hydrogen (secondary N) is 2. The highest BCUT2D eigenvalue weighted by Gasteiger charge is 2.20. The molecular weight excluding hydrogens is 364 g/mol. The van der Waals surface area contributed by atoms with Gasteiger partial charge in [-0.15, -0.1) is 0 Å². The van der Waals surface area contributed by atoms with Crippen LogP contribution in [-0.4, -0.2) is 24.0 Å². The quantitative estimate of drug-likeness (QED) is 0.656. The maximum absolute atomic E-state index is 12.8. The number of ether oxygens (including phenoxy) is 1. The third-order valence-electron chi connectivity index (χ3n) is 4.88. The number of hydrogen-bond donors (Lipinski definition) is 2. The second-order valence-electron chi connectivity index (χ2n) is 7.77. The van der Waals surface area contributed by atoms with E-state index in [1.165, 1.54) is 0 Å². The zero-order chi connectivity index (χ0) is 21.6. The smallest absolute Gasteiger partial charge is 0.265 e. The van der Waals surface area contributed by atoms with E-state index in [1.807, 2.05) is 39.0 Å². The van der Waals surface area contributed by atoms with Gasteiger partial charge in [-0.25, -0.2) is 0 Å². The average Bonchev–Trinajstić information content (AvgIpc) is 2.67. The van der Waals surface area contributed by atoms with Gasteiger partial charge in [0.05, 0.1) is 11.3 Å². The molecule has 2 atom stereocenters. The third kappa shape index (κ3) is 6.08. The molecule has 2 aromatic carbocycles. The average molecular weight is 397 g/mol. The molecule has 0 heterocycles. The molecule has 0 spiro atoms. The molecule has 0 bridgehead atoms. The first kappa shape index (κ1) is 22.5. The molecule has 0 aliphatic carbocycles. The Morgan fingerprint density at radius 3 is 2.38 bits per heavy atom. The zero-order valence-corrected chi connectivity index (χ0v) is 18.2. The molecular formula is C24H32N2O3. The Morgan fingerprint density at radius 2 is 1.72 bits per heavy atom. The van der Waals surface area contributed by atoms with Crippen LogP contribution in [0, 0.1) is 6.92 Å². The first-order valence-corrected chi connectivity index (χ1v) is 10.2. The number of carbonyl (C=O) groups is 2. The normalized spacial score (nSPS) is 12.9. The summed E-state index contributed by atoms with van der Waals surface area (Å²) in [5.41, 5.74) is 3.04. The molecule has 5 heteroatoms. The van der Waals surface area contributed by atoms with Gasteiger partial charge in [0, 0.05) is 6.04 Å². The summed E-state index contributed by atoms with van der Waals surface area (Å²) in [6.45, 7) is 11.8. The van der Waals surface area contributed by atoms with Crippen molar-refractivity contribution in [3.05, 3.63) is 59.2 Å². The van der Waals surface area contributed by atoms with Gasteiger partial charge in [0.1, 0.15) is 5.75 Å². The Balaban J connectivity index is 2.15. The maximum atomic E-state index is 12.8. The fraction of sp³-hybridized carbons (Fsp3) is 0.417. The van der Waals surface area contributed by atoms with Crippen molar-refractivity contribution < 1.29 is 14.3 Å². The van der Waals surface area contributed by atoms with Crippen LogP contribution >= 0.6 is 0 Å².